The Morgan fingerprint density at radius 3 is 2.76 bits per heavy atom. The third kappa shape index (κ3) is 4.44. The molecule has 0 aliphatic heterocycles. The standard InChI is InChI=1S/C17H16N2O2/c20-12-5-4-9-15-10-6-11-18-16(15)17(21)19-13-14-7-2-1-3-8-14/h1-3,6-8,10-11,20H,5,12-13H2,(H,19,21). The molecule has 0 bridgehead atoms. The largest absolute Gasteiger partial charge is 0.395 e. The van der Waals surface area contributed by atoms with Crippen molar-refractivity contribution in [1.82, 2.24) is 10.3 Å². The number of pyridine rings is 1. The molecule has 4 nitrogen and oxygen atoms in total. The zero-order valence-electron chi connectivity index (χ0n) is 11.5. The molecule has 0 atom stereocenters. The van der Waals surface area contributed by atoms with E-state index in [9.17, 15) is 4.79 Å². The van der Waals surface area contributed by atoms with E-state index in [-0.39, 0.29) is 12.5 Å². The van der Waals surface area contributed by atoms with Crippen LogP contribution in [0.15, 0.2) is 48.7 Å². The number of aromatic nitrogens is 1. The summed E-state index contributed by atoms with van der Waals surface area (Å²) in [6.07, 6.45) is 1.94. The minimum absolute atomic E-state index is 0.00278. The minimum atomic E-state index is -0.257. The zero-order chi connectivity index (χ0) is 14.9. The fraction of sp³-hybridized carbons (Fsp3) is 0.176. The first kappa shape index (κ1) is 14.8. The van der Waals surface area contributed by atoms with Gasteiger partial charge in [0.2, 0.25) is 0 Å². The van der Waals surface area contributed by atoms with Crippen molar-refractivity contribution in [3.63, 3.8) is 0 Å². The van der Waals surface area contributed by atoms with E-state index in [1.807, 2.05) is 30.3 Å². The summed E-state index contributed by atoms with van der Waals surface area (Å²) >= 11 is 0. The molecule has 2 N–H and O–H groups in total. The topological polar surface area (TPSA) is 62.2 Å². The van der Waals surface area contributed by atoms with E-state index in [0.717, 1.165) is 5.56 Å². The predicted molar refractivity (Wildman–Crippen MR) is 80.4 cm³/mol. The molecule has 106 valence electrons. The van der Waals surface area contributed by atoms with Crippen molar-refractivity contribution in [2.24, 2.45) is 0 Å². The molecular formula is C17H16N2O2. The molecule has 2 aromatic rings. The molecule has 0 aliphatic carbocycles. The summed E-state index contributed by atoms with van der Waals surface area (Å²) in [7, 11) is 0. The molecule has 0 saturated heterocycles. The summed E-state index contributed by atoms with van der Waals surface area (Å²) in [6.45, 7) is 0.447. The molecule has 4 heteroatoms. The van der Waals surface area contributed by atoms with E-state index < -0.39 is 0 Å². The van der Waals surface area contributed by atoms with Gasteiger partial charge in [-0.3, -0.25) is 4.79 Å². The fourth-order valence-electron chi connectivity index (χ4n) is 1.76. The molecule has 0 saturated carbocycles. The summed E-state index contributed by atoms with van der Waals surface area (Å²) in [5, 5.41) is 11.6. The number of hydrogen-bond donors (Lipinski definition) is 2. The van der Waals surface area contributed by atoms with Crippen LogP contribution in [-0.2, 0) is 6.54 Å². The molecule has 1 aromatic carbocycles. The third-order valence-electron chi connectivity index (χ3n) is 2.78. The Labute approximate surface area is 123 Å². The number of hydrogen-bond acceptors (Lipinski definition) is 3. The lowest BCUT2D eigenvalue weighted by molar-refractivity contribution is 0.0945. The van der Waals surface area contributed by atoms with E-state index in [2.05, 4.69) is 22.1 Å². The fourth-order valence-corrected chi connectivity index (χ4v) is 1.76. The van der Waals surface area contributed by atoms with Gasteiger partial charge in [0.05, 0.1) is 12.2 Å². The van der Waals surface area contributed by atoms with Crippen LogP contribution in [0.3, 0.4) is 0 Å². The smallest absolute Gasteiger partial charge is 0.271 e. The Morgan fingerprint density at radius 1 is 1.19 bits per heavy atom. The van der Waals surface area contributed by atoms with Crippen LogP contribution in [-0.4, -0.2) is 22.6 Å². The van der Waals surface area contributed by atoms with Gasteiger partial charge in [-0.15, -0.1) is 0 Å². The second-order valence-electron chi connectivity index (χ2n) is 4.34. The Hall–Kier alpha value is -2.64. The van der Waals surface area contributed by atoms with Crippen LogP contribution in [0.2, 0.25) is 0 Å². The molecule has 0 radical (unpaired) electrons. The summed E-state index contributed by atoms with van der Waals surface area (Å²) in [6, 6.07) is 13.1. The van der Waals surface area contributed by atoms with Crippen LogP contribution in [0.5, 0.6) is 0 Å². The van der Waals surface area contributed by atoms with Crippen LogP contribution in [0.25, 0.3) is 0 Å². The number of carbonyl (C=O) groups excluding carboxylic acids is 1. The van der Waals surface area contributed by atoms with Crippen molar-refractivity contribution >= 4 is 5.91 Å². The molecule has 1 amide bonds. The normalized spacial score (nSPS) is 9.57. The third-order valence-corrected chi connectivity index (χ3v) is 2.78. The Balaban J connectivity index is 2.07. The van der Waals surface area contributed by atoms with Crippen molar-refractivity contribution in [3.8, 4) is 11.8 Å². The van der Waals surface area contributed by atoms with E-state index in [0.29, 0.717) is 24.2 Å². The molecule has 2 rings (SSSR count). The highest BCUT2D eigenvalue weighted by Crippen LogP contribution is 2.05. The lowest BCUT2D eigenvalue weighted by atomic mass is 10.1. The number of carbonyl (C=O) groups is 1. The number of aliphatic hydroxyl groups is 1. The molecule has 0 spiro atoms. The number of rotatable bonds is 4. The van der Waals surface area contributed by atoms with Gasteiger partial charge in [0.25, 0.3) is 5.91 Å². The van der Waals surface area contributed by atoms with Gasteiger partial charge in [-0.2, -0.15) is 0 Å². The number of aliphatic hydroxyl groups excluding tert-OH is 1. The van der Waals surface area contributed by atoms with Crippen LogP contribution in [0.4, 0.5) is 0 Å². The number of benzene rings is 1. The molecular weight excluding hydrogens is 264 g/mol. The first-order valence-electron chi connectivity index (χ1n) is 6.68. The van der Waals surface area contributed by atoms with Gasteiger partial charge in [0, 0.05) is 19.2 Å². The molecule has 1 heterocycles. The lowest BCUT2D eigenvalue weighted by Gasteiger charge is -2.06. The lowest BCUT2D eigenvalue weighted by Crippen LogP contribution is -2.24. The maximum Gasteiger partial charge on any atom is 0.271 e. The van der Waals surface area contributed by atoms with Crippen LogP contribution < -0.4 is 5.32 Å². The van der Waals surface area contributed by atoms with Gasteiger partial charge in [0.1, 0.15) is 5.69 Å². The first-order chi connectivity index (χ1) is 10.3. The van der Waals surface area contributed by atoms with Gasteiger partial charge >= 0.3 is 0 Å². The van der Waals surface area contributed by atoms with Crippen molar-refractivity contribution in [2.45, 2.75) is 13.0 Å². The number of nitrogens with zero attached hydrogens (tertiary/aromatic N) is 1. The first-order valence-corrected chi connectivity index (χ1v) is 6.68. The van der Waals surface area contributed by atoms with Gasteiger partial charge in [-0.1, -0.05) is 42.2 Å². The summed E-state index contributed by atoms with van der Waals surface area (Å²) in [5.41, 5.74) is 1.89. The second kappa shape index (κ2) is 7.83. The molecule has 0 unspecified atom stereocenters. The number of nitrogens with one attached hydrogen (secondary N) is 1. The van der Waals surface area contributed by atoms with Crippen molar-refractivity contribution in [3.05, 3.63) is 65.5 Å². The Morgan fingerprint density at radius 2 is 2.00 bits per heavy atom. The highest BCUT2D eigenvalue weighted by molar-refractivity contribution is 5.94. The van der Waals surface area contributed by atoms with E-state index >= 15 is 0 Å². The second-order valence-corrected chi connectivity index (χ2v) is 4.34. The SMILES string of the molecule is O=C(NCc1ccccc1)c1ncccc1C#CCCO. The van der Waals surface area contributed by atoms with Crippen molar-refractivity contribution in [2.75, 3.05) is 6.61 Å². The molecule has 0 aliphatic rings. The zero-order valence-corrected chi connectivity index (χ0v) is 11.5. The average Bonchev–Trinajstić information content (AvgIpc) is 2.54. The summed E-state index contributed by atoms with van der Waals surface area (Å²) < 4.78 is 0. The summed E-state index contributed by atoms with van der Waals surface area (Å²) in [5.74, 6) is 5.40. The Kier molecular flexibility index (Phi) is 5.50. The van der Waals surface area contributed by atoms with Gasteiger partial charge in [0.15, 0.2) is 0 Å². The highest BCUT2D eigenvalue weighted by atomic mass is 16.2. The Bertz CT molecular complexity index is 657. The average molecular weight is 280 g/mol. The van der Waals surface area contributed by atoms with Crippen LogP contribution in [0.1, 0.15) is 28.0 Å². The maximum atomic E-state index is 12.2. The van der Waals surface area contributed by atoms with E-state index in [1.165, 1.54) is 0 Å². The number of amides is 1. The molecule has 0 fully saturated rings. The van der Waals surface area contributed by atoms with E-state index in [4.69, 9.17) is 5.11 Å². The van der Waals surface area contributed by atoms with Crippen LogP contribution >= 0.6 is 0 Å². The van der Waals surface area contributed by atoms with Crippen LogP contribution in [0, 0.1) is 11.8 Å². The molecule has 1 aromatic heterocycles. The van der Waals surface area contributed by atoms with Crippen molar-refractivity contribution < 1.29 is 9.90 Å². The van der Waals surface area contributed by atoms with Gasteiger partial charge < -0.3 is 10.4 Å². The summed E-state index contributed by atoms with van der Waals surface area (Å²) in [4.78, 5) is 16.3. The predicted octanol–water partition coefficient (Wildman–Crippen LogP) is 1.75. The van der Waals surface area contributed by atoms with E-state index in [1.54, 1.807) is 18.3 Å². The monoisotopic (exact) mass is 280 g/mol. The minimum Gasteiger partial charge on any atom is -0.395 e. The van der Waals surface area contributed by atoms with Crippen molar-refractivity contribution in [1.29, 1.82) is 0 Å². The quantitative estimate of drug-likeness (QED) is 0.839. The molecule has 21 heavy (non-hydrogen) atoms. The van der Waals surface area contributed by atoms with Gasteiger partial charge in [-0.25, -0.2) is 4.98 Å². The highest BCUT2D eigenvalue weighted by Gasteiger charge is 2.10. The maximum absolute atomic E-state index is 12.2. The van der Waals surface area contributed by atoms with Gasteiger partial charge in [-0.05, 0) is 17.7 Å².